The Hall–Kier alpha value is -3.83. The second kappa shape index (κ2) is 13.6. The van der Waals surface area contributed by atoms with E-state index in [4.69, 9.17) is 32.7 Å². The standard InChI is InChI=1S/C31H25Cl2N3O5S2/c1-3-41-24-14-11-19(15-25(24)40-2)27-26(23(37)13-9-18-7-5-4-6-8-18)28(38)29(39)36(27)30-34-35-31(43-30)42-17-20-10-12-21(32)16-22(20)33/h4-16,27,38H,3,17H2,1-2H3. The number of anilines is 1. The molecule has 8 nitrogen and oxygen atoms in total. The summed E-state index contributed by atoms with van der Waals surface area (Å²) in [6, 6.07) is 18.6. The third-order valence-electron chi connectivity index (χ3n) is 6.47. The van der Waals surface area contributed by atoms with E-state index in [1.807, 2.05) is 43.3 Å². The van der Waals surface area contributed by atoms with Crippen molar-refractivity contribution in [1.29, 1.82) is 0 Å². The summed E-state index contributed by atoms with van der Waals surface area (Å²) in [6.45, 7) is 2.28. The normalized spacial score (nSPS) is 15.0. The van der Waals surface area contributed by atoms with Crippen LogP contribution in [0.1, 0.15) is 29.7 Å². The Morgan fingerprint density at radius 3 is 2.60 bits per heavy atom. The van der Waals surface area contributed by atoms with Crippen molar-refractivity contribution < 1.29 is 24.2 Å². The molecule has 1 atom stereocenters. The fourth-order valence-electron chi connectivity index (χ4n) is 4.46. The molecule has 0 saturated carbocycles. The van der Waals surface area contributed by atoms with E-state index in [1.54, 1.807) is 36.4 Å². The lowest BCUT2D eigenvalue weighted by Crippen LogP contribution is -2.30. The zero-order chi connectivity index (χ0) is 30.5. The van der Waals surface area contributed by atoms with Crippen LogP contribution in [0.15, 0.2) is 88.5 Å². The van der Waals surface area contributed by atoms with Gasteiger partial charge in [-0.25, -0.2) is 0 Å². The molecule has 4 aromatic rings. The molecule has 1 aliphatic rings. The number of ketones is 1. The number of hydrogen-bond acceptors (Lipinski definition) is 9. The highest BCUT2D eigenvalue weighted by Gasteiger charge is 2.45. The molecule has 0 spiro atoms. The molecule has 1 aliphatic heterocycles. The van der Waals surface area contributed by atoms with Crippen LogP contribution in [0.25, 0.3) is 6.08 Å². The van der Waals surface area contributed by atoms with E-state index in [2.05, 4.69) is 10.2 Å². The first-order chi connectivity index (χ1) is 20.8. The molecule has 220 valence electrons. The number of carbonyl (C=O) groups excluding carboxylic acids is 2. The Bertz CT molecular complexity index is 1730. The molecule has 0 saturated heterocycles. The number of aliphatic hydroxyl groups is 1. The summed E-state index contributed by atoms with van der Waals surface area (Å²) in [5, 5.41) is 20.9. The van der Waals surface area contributed by atoms with Crippen molar-refractivity contribution in [2.24, 2.45) is 0 Å². The zero-order valence-electron chi connectivity index (χ0n) is 23.0. The first kappa shape index (κ1) is 30.6. The largest absolute Gasteiger partial charge is 0.503 e. The van der Waals surface area contributed by atoms with E-state index in [1.165, 1.54) is 29.8 Å². The molecule has 0 aliphatic carbocycles. The number of nitrogens with zero attached hydrogens (tertiary/aromatic N) is 3. The number of aromatic nitrogens is 2. The van der Waals surface area contributed by atoms with Crippen molar-refractivity contribution in [2.45, 2.75) is 23.1 Å². The van der Waals surface area contributed by atoms with Gasteiger partial charge in [0.25, 0.3) is 5.91 Å². The number of halogens is 2. The van der Waals surface area contributed by atoms with Gasteiger partial charge in [-0.15, -0.1) is 10.2 Å². The number of ether oxygens (including phenoxy) is 2. The molecule has 5 rings (SSSR count). The van der Waals surface area contributed by atoms with Gasteiger partial charge < -0.3 is 14.6 Å². The van der Waals surface area contributed by atoms with Crippen molar-refractivity contribution in [1.82, 2.24) is 10.2 Å². The third kappa shape index (κ3) is 6.73. The van der Waals surface area contributed by atoms with Gasteiger partial charge in [-0.05, 0) is 54.0 Å². The number of thioether (sulfide) groups is 1. The minimum Gasteiger partial charge on any atom is -0.503 e. The molecule has 1 amide bonds. The van der Waals surface area contributed by atoms with Crippen molar-refractivity contribution in [3.63, 3.8) is 0 Å². The van der Waals surface area contributed by atoms with Gasteiger partial charge in [0.05, 0.1) is 25.3 Å². The minimum absolute atomic E-state index is 0.0826. The average Bonchev–Trinajstić information content (AvgIpc) is 3.58. The number of allylic oxidation sites excluding steroid dienone is 1. The smallest absolute Gasteiger partial charge is 0.296 e. The van der Waals surface area contributed by atoms with Gasteiger partial charge in [0.2, 0.25) is 5.13 Å². The average molecular weight is 655 g/mol. The van der Waals surface area contributed by atoms with Crippen LogP contribution in [0, 0.1) is 0 Å². The van der Waals surface area contributed by atoms with E-state index in [0.29, 0.717) is 43.8 Å². The van der Waals surface area contributed by atoms with Crippen LogP contribution < -0.4 is 14.4 Å². The number of aliphatic hydroxyl groups excluding tert-OH is 1. The molecule has 0 fully saturated rings. The topological polar surface area (TPSA) is 102 Å². The number of benzene rings is 3. The summed E-state index contributed by atoms with van der Waals surface area (Å²) in [6.07, 6.45) is 2.97. The number of carbonyl (C=O) groups is 2. The molecule has 2 heterocycles. The van der Waals surface area contributed by atoms with E-state index in [0.717, 1.165) is 22.5 Å². The highest BCUT2D eigenvalue weighted by molar-refractivity contribution is 8.00. The highest BCUT2D eigenvalue weighted by Crippen LogP contribution is 2.45. The molecular weight excluding hydrogens is 629 g/mol. The van der Waals surface area contributed by atoms with Gasteiger partial charge in [-0.3, -0.25) is 14.5 Å². The molecule has 0 bridgehead atoms. The maximum Gasteiger partial charge on any atom is 0.296 e. The van der Waals surface area contributed by atoms with Crippen LogP contribution in [0.3, 0.4) is 0 Å². The Morgan fingerprint density at radius 2 is 1.88 bits per heavy atom. The van der Waals surface area contributed by atoms with Crippen molar-refractivity contribution in [3.05, 3.63) is 111 Å². The number of methoxy groups -OCH3 is 1. The maximum absolute atomic E-state index is 13.6. The lowest BCUT2D eigenvalue weighted by atomic mass is 9.95. The Balaban J connectivity index is 1.50. The van der Waals surface area contributed by atoms with Crippen molar-refractivity contribution >= 4 is 69.2 Å². The number of amides is 1. The van der Waals surface area contributed by atoms with Crippen molar-refractivity contribution in [3.8, 4) is 11.5 Å². The lowest BCUT2D eigenvalue weighted by Gasteiger charge is -2.24. The second-order valence-electron chi connectivity index (χ2n) is 9.17. The molecule has 12 heteroatoms. The summed E-state index contributed by atoms with van der Waals surface area (Å²) < 4.78 is 11.8. The van der Waals surface area contributed by atoms with Crippen LogP contribution in [0.5, 0.6) is 11.5 Å². The number of rotatable bonds is 11. The Morgan fingerprint density at radius 1 is 1.09 bits per heavy atom. The predicted octanol–water partition coefficient (Wildman–Crippen LogP) is 7.73. The number of hydrogen-bond donors (Lipinski definition) is 1. The third-order valence-corrected chi connectivity index (χ3v) is 9.16. The van der Waals surface area contributed by atoms with Crippen molar-refractivity contribution in [2.75, 3.05) is 18.6 Å². The van der Waals surface area contributed by atoms with Gasteiger partial charge in [0, 0.05) is 15.8 Å². The van der Waals surface area contributed by atoms with Crippen LogP contribution in [-0.4, -0.2) is 40.7 Å². The lowest BCUT2D eigenvalue weighted by molar-refractivity contribution is -0.117. The van der Waals surface area contributed by atoms with Gasteiger partial charge in [-0.1, -0.05) is 94.8 Å². The minimum atomic E-state index is -0.999. The second-order valence-corrected chi connectivity index (χ2v) is 12.2. The SMILES string of the molecule is CCOc1ccc(C2C(C(=O)C=Cc3ccccc3)=C(O)C(=O)N2c2nnc(SCc3ccc(Cl)cc3Cl)s2)cc1OC. The fraction of sp³-hybridized carbons (Fsp3) is 0.161. The van der Waals surface area contributed by atoms with Crippen LogP contribution in [-0.2, 0) is 15.3 Å². The Labute approximate surface area is 266 Å². The summed E-state index contributed by atoms with van der Waals surface area (Å²) in [7, 11) is 1.50. The molecular formula is C31H25Cl2N3O5S2. The molecule has 43 heavy (non-hydrogen) atoms. The van der Waals surface area contributed by atoms with Crippen LogP contribution in [0.2, 0.25) is 10.0 Å². The molecule has 1 unspecified atom stereocenters. The van der Waals surface area contributed by atoms with E-state index < -0.39 is 23.5 Å². The van der Waals surface area contributed by atoms with Crippen LogP contribution >= 0.6 is 46.3 Å². The first-order valence-electron chi connectivity index (χ1n) is 13.1. The molecule has 1 N–H and O–H groups in total. The van der Waals surface area contributed by atoms with Gasteiger partial charge in [-0.2, -0.15) is 0 Å². The van der Waals surface area contributed by atoms with E-state index >= 15 is 0 Å². The van der Waals surface area contributed by atoms with Gasteiger partial charge >= 0.3 is 0 Å². The quantitative estimate of drug-likeness (QED) is 0.0997. The van der Waals surface area contributed by atoms with Gasteiger partial charge in [0.1, 0.15) is 0 Å². The summed E-state index contributed by atoms with van der Waals surface area (Å²) in [5.41, 5.74) is 2.09. The molecule has 0 radical (unpaired) electrons. The maximum atomic E-state index is 13.6. The summed E-state index contributed by atoms with van der Waals surface area (Å²) in [5.74, 6) is -0.522. The first-order valence-corrected chi connectivity index (χ1v) is 15.6. The Kier molecular flexibility index (Phi) is 9.72. The molecule has 3 aromatic carbocycles. The fourth-order valence-corrected chi connectivity index (χ4v) is 6.89. The zero-order valence-corrected chi connectivity index (χ0v) is 26.1. The summed E-state index contributed by atoms with van der Waals surface area (Å²) >= 11 is 14.9. The van der Waals surface area contributed by atoms with Crippen LogP contribution in [0.4, 0.5) is 5.13 Å². The van der Waals surface area contributed by atoms with E-state index in [9.17, 15) is 14.7 Å². The predicted molar refractivity (Wildman–Crippen MR) is 170 cm³/mol. The molecule has 1 aromatic heterocycles. The van der Waals surface area contributed by atoms with E-state index in [-0.39, 0.29) is 10.7 Å². The van der Waals surface area contributed by atoms with Gasteiger partial charge in [0.15, 0.2) is 27.4 Å². The highest BCUT2D eigenvalue weighted by atomic mass is 35.5. The summed E-state index contributed by atoms with van der Waals surface area (Å²) in [4.78, 5) is 28.4. The monoisotopic (exact) mass is 653 g/mol.